The predicted octanol–water partition coefficient (Wildman–Crippen LogP) is 4.08. The summed E-state index contributed by atoms with van der Waals surface area (Å²) in [5, 5.41) is 0. The number of hydrogen-bond donors (Lipinski definition) is 1. The van der Waals surface area contributed by atoms with Gasteiger partial charge in [0.25, 0.3) is 0 Å². The summed E-state index contributed by atoms with van der Waals surface area (Å²) in [5.41, 5.74) is 0.804. The predicted molar refractivity (Wildman–Crippen MR) is 90.6 cm³/mol. The van der Waals surface area contributed by atoms with Crippen LogP contribution in [0.4, 0.5) is 0 Å². The third-order valence-electron chi connectivity index (χ3n) is 6.94. The van der Waals surface area contributed by atoms with Crippen LogP contribution in [0.15, 0.2) is 0 Å². The highest BCUT2D eigenvalue weighted by atomic mass is 15.1. The van der Waals surface area contributed by atoms with Crippen LogP contribution in [0.25, 0.3) is 0 Å². The lowest BCUT2D eigenvalue weighted by molar-refractivity contribution is -0.901. The van der Waals surface area contributed by atoms with Crippen molar-refractivity contribution < 1.29 is 4.90 Å². The van der Waals surface area contributed by atoms with Gasteiger partial charge in [0.1, 0.15) is 0 Å². The Kier molecular flexibility index (Phi) is 5.30. The molecular formula is C20H38N+. The highest BCUT2D eigenvalue weighted by molar-refractivity contribution is 5.01. The van der Waals surface area contributed by atoms with Crippen molar-refractivity contribution in [3.63, 3.8) is 0 Å². The summed E-state index contributed by atoms with van der Waals surface area (Å²) >= 11 is 0. The van der Waals surface area contributed by atoms with Crippen LogP contribution in [-0.4, -0.2) is 19.6 Å². The molecule has 122 valence electrons. The van der Waals surface area contributed by atoms with Gasteiger partial charge in [0.2, 0.25) is 0 Å². The van der Waals surface area contributed by atoms with E-state index in [1.165, 1.54) is 45.3 Å². The van der Waals surface area contributed by atoms with Crippen LogP contribution in [-0.2, 0) is 0 Å². The van der Waals surface area contributed by atoms with E-state index in [9.17, 15) is 0 Å². The molecule has 4 saturated carbocycles. The van der Waals surface area contributed by atoms with Crippen molar-refractivity contribution in [2.24, 2.45) is 23.2 Å². The maximum absolute atomic E-state index is 2.34. The third-order valence-corrected chi connectivity index (χ3v) is 6.94. The minimum Gasteiger partial charge on any atom is -0.335 e. The molecule has 0 aliphatic heterocycles. The SMILES string of the molecule is CCCC[NH+](CCCC)CCC12CC3CC(CC(C3)C1)C2. The first kappa shape index (κ1) is 15.8. The minimum absolute atomic E-state index is 0.804. The highest BCUT2D eigenvalue weighted by Gasteiger charge is 2.50. The Balaban J connectivity index is 1.52. The molecule has 0 spiro atoms. The Bertz CT molecular complexity index is 279. The van der Waals surface area contributed by atoms with Crippen molar-refractivity contribution in [2.75, 3.05) is 19.6 Å². The fraction of sp³-hybridized carbons (Fsp3) is 1.00. The molecule has 1 heteroatoms. The largest absolute Gasteiger partial charge is 0.335 e. The molecule has 1 nitrogen and oxygen atoms in total. The number of unbranched alkanes of at least 4 members (excludes halogenated alkanes) is 2. The maximum Gasteiger partial charge on any atom is 0.0776 e. The van der Waals surface area contributed by atoms with Crippen molar-refractivity contribution in [2.45, 2.75) is 84.5 Å². The molecule has 0 atom stereocenters. The van der Waals surface area contributed by atoms with Gasteiger partial charge in [-0.3, -0.25) is 0 Å². The molecule has 0 unspecified atom stereocenters. The van der Waals surface area contributed by atoms with E-state index < -0.39 is 0 Å². The fourth-order valence-corrected chi connectivity index (χ4v) is 6.27. The van der Waals surface area contributed by atoms with E-state index in [-0.39, 0.29) is 0 Å². The van der Waals surface area contributed by atoms with E-state index in [0.717, 1.165) is 23.2 Å². The summed E-state index contributed by atoms with van der Waals surface area (Å²) in [7, 11) is 0. The van der Waals surface area contributed by atoms with Gasteiger partial charge in [0.05, 0.1) is 19.6 Å². The van der Waals surface area contributed by atoms with Gasteiger partial charge >= 0.3 is 0 Å². The van der Waals surface area contributed by atoms with Crippen molar-refractivity contribution in [3.05, 3.63) is 0 Å². The average Bonchev–Trinajstić information content (AvgIpc) is 2.45. The van der Waals surface area contributed by atoms with Gasteiger partial charge in [0, 0.05) is 6.42 Å². The normalized spacial score (nSPS) is 37.6. The minimum atomic E-state index is 0.804. The van der Waals surface area contributed by atoms with E-state index in [2.05, 4.69) is 13.8 Å². The average molecular weight is 293 g/mol. The molecule has 0 heterocycles. The molecule has 21 heavy (non-hydrogen) atoms. The number of rotatable bonds is 9. The summed E-state index contributed by atoms with van der Waals surface area (Å²) in [4.78, 5) is 1.93. The lowest BCUT2D eigenvalue weighted by atomic mass is 9.49. The van der Waals surface area contributed by atoms with Gasteiger partial charge < -0.3 is 4.90 Å². The van der Waals surface area contributed by atoms with Crippen molar-refractivity contribution in [3.8, 4) is 0 Å². The molecule has 0 amide bonds. The molecule has 4 rings (SSSR count). The van der Waals surface area contributed by atoms with Crippen LogP contribution in [0.2, 0.25) is 0 Å². The Hall–Kier alpha value is -0.0400. The molecule has 4 bridgehead atoms. The van der Waals surface area contributed by atoms with E-state index >= 15 is 0 Å². The molecule has 4 aliphatic carbocycles. The van der Waals surface area contributed by atoms with Gasteiger partial charge in [-0.05, 0) is 74.5 Å². The van der Waals surface area contributed by atoms with Crippen molar-refractivity contribution in [1.29, 1.82) is 0 Å². The van der Waals surface area contributed by atoms with Gasteiger partial charge in [-0.1, -0.05) is 26.7 Å². The maximum atomic E-state index is 2.34. The zero-order valence-corrected chi connectivity index (χ0v) is 14.6. The molecule has 4 aliphatic rings. The van der Waals surface area contributed by atoms with E-state index in [4.69, 9.17) is 0 Å². The van der Waals surface area contributed by atoms with E-state index in [1.54, 1.807) is 44.9 Å². The molecule has 0 saturated heterocycles. The highest BCUT2D eigenvalue weighted by Crippen LogP contribution is 2.61. The Labute approximate surface area is 132 Å². The van der Waals surface area contributed by atoms with E-state index in [0.29, 0.717) is 0 Å². The molecule has 0 radical (unpaired) electrons. The zero-order valence-electron chi connectivity index (χ0n) is 14.6. The molecule has 0 aromatic rings. The fourth-order valence-electron chi connectivity index (χ4n) is 6.27. The van der Waals surface area contributed by atoms with Crippen LogP contribution in [0.1, 0.15) is 84.5 Å². The Morgan fingerprint density at radius 2 is 1.24 bits per heavy atom. The summed E-state index contributed by atoms with van der Waals surface area (Å²) < 4.78 is 0. The van der Waals surface area contributed by atoms with Crippen molar-refractivity contribution in [1.82, 2.24) is 0 Å². The second kappa shape index (κ2) is 7.02. The van der Waals surface area contributed by atoms with Crippen LogP contribution < -0.4 is 4.90 Å². The molecule has 1 N–H and O–H groups in total. The molecule has 4 fully saturated rings. The summed E-state index contributed by atoms with van der Waals surface area (Å²) in [5.74, 6) is 3.39. The van der Waals surface area contributed by atoms with Gasteiger partial charge in [-0.15, -0.1) is 0 Å². The standard InChI is InChI=1S/C20H37N/c1-3-5-8-21(9-6-4-2)10-7-20-14-17-11-18(15-20)13-19(12-17)16-20/h17-19H,3-16H2,1-2H3/p+1. The lowest BCUT2D eigenvalue weighted by Crippen LogP contribution is -3.12. The van der Waals surface area contributed by atoms with Gasteiger partial charge in [-0.25, -0.2) is 0 Å². The van der Waals surface area contributed by atoms with Crippen LogP contribution in [0.5, 0.6) is 0 Å². The van der Waals surface area contributed by atoms with Crippen LogP contribution in [0, 0.1) is 23.2 Å². The van der Waals surface area contributed by atoms with Crippen LogP contribution >= 0.6 is 0 Å². The van der Waals surface area contributed by atoms with E-state index in [1.807, 2.05) is 4.90 Å². The quantitative estimate of drug-likeness (QED) is 0.653. The zero-order chi connectivity index (χ0) is 14.7. The Morgan fingerprint density at radius 1 is 0.762 bits per heavy atom. The number of quaternary nitrogens is 1. The third kappa shape index (κ3) is 3.84. The van der Waals surface area contributed by atoms with Crippen LogP contribution in [0.3, 0.4) is 0 Å². The second-order valence-corrected chi connectivity index (χ2v) is 8.87. The number of hydrogen-bond acceptors (Lipinski definition) is 0. The smallest absolute Gasteiger partial charge is 0.0776 e. The summed E-state index contributed by atoms with van der Waals surface area (Å²) in [6.45, 7) is 9.03. The number of nitrogens with one attached hydrogen (secondary N) is 1. The first-order valence-corrected chi connectivity index (χ1v) is 10.1. The van der Waals surface area contributed by atoms with Gasteiger partial charge in [0.15, 0.2) is 0 Å². The lowest BCUT2D eigenvalue weighted by Gasteiger charge is -2.57. The Morgan fingerprint density at radius 3 is 1.67 bits per heavy atom. The topological polar surface area (TPSA) is 4.44 Å². The molecule has 0 aromatic carbocycles. The first-order valence-electron chi connectivity index (χ1n) is 10.1. The summed E-state index contributed by atoms with van der Waals surface area (Å²) in [6.07, 6.45) is 16.8. The monoisotopic (exact) mass is 292 g/mol. The molecule has 0 aromatic heterocycles. The van der Waals surface area contributed by atoms with Gasteiger partial charge in [-0.2, -0.15) is 0 Å². The van der Waals surface area contributed by atoms with Crippen molar-refractivity contribution >= 4 is 0 Å². The molecular weight excluding hydrogens is 254 g/mol. The summed E-state index contributed by atoms with van der Waals surface area (Å²) in [6, 6.07) is 0. The second-order valence-electron chi connectivity index (χ2n) is 8.87. The first-order chi connectivity index (χ1) is 10.2.